The summed E-state index contributed by atoms with van der Waals surface area (Å²) in [6, 6.07) is 25.3. The largest absolute Gasteiger partial charge is 0.497 e. The number of aliphatic hydroxyl groups is 1. The fourth-order valence-electron chi connectivity index (χ4n) is 5.94. The average molecular weight is 615 g/mol. The Hall–Kier alpha value is -4.37. The topological polar surface area (TPSA) is 134 Å². The number of hydrogen-bond acceptors (Lipinski definition) is 7. The smallest absolute Gasteiger partial charge is 0.222 e. The number of ketones is 1. The van der Waals surface area contributed by atoms with Gasteiger partial charge in [-0.1, -0.05) is 72.6 Å². The Balaban J connectivity index is 1.52. The van der Waals surface area contributed by atoms with Crippen molar-refractivity contribution in [1.82, 2.24) is 4.90 Å². The van der Waals surface area contributed by atoms with Gasteiger partial charge in [-0.25, -0.2) is 0 Å². The molecule has 1 aliphatic rings. The number of hydrogen-bond donors (Lipinski definition) is 1. The van der Waals surface area contributed by atoms with Crippen molar-refractivity contribution in [2.24, 2.45) is 5.11 Å². The molecule has 0 bridgehead atoms. The predicted molar refractivity (Wildman–Crippen MR) is 171 cm³/mol. The molecule has 1 N–H and O–H groups in total. The SMILES string of the molecule is COc1ccc(C(OC[C@@H]2C[C@@H](O)CN2C(=O)CCCCCCC(=O)CN=[N+]=[N-])(c2ccccc2)c2ccc(OC)cc2)cc1. The van der Waals surface area contributed by atoms with Crippen molar-refractivity contribution in [2.45, 2.75) is 62.7 Å². The summed E-state index contributed by atoms with van der Waals surface area (Å²) < 4.78 is 17.9. The average Bonchev–Trinajstić information content (AvgIpc) is 3.46. The molecule has 3 aromatic rings. The summed E-state index contributed by atoms with van der Waals surface area (Å²) in [6.07, 6.45) is 3.54. The zero-order valence-corrected chi connectivity index (χ0v) is 26.0. The van der Waals surface area contributed by atoms with Crippen LogP contribution in [0.25, 0.3) is 10.4 Å². The molecule has 0 spiro atoms. The molecule has 238 valence electrons. The highest BCUT2D eigenvalue weighted by atomic mass is 16.5. The Morgan fingerprint density at radius 1 is 0.867 bits per heavy atom. The van der Waals surface area contributed by atoms with Gasteiger partial charge in [-0.15, -0.1) is 0 Å². The van der Waals surface area contributed by atoms with E-state index in [-0.39, 0.29) is 37.4 Å². The number of azide groups is 1. The standard InChI is InChI=1S/C35H42N4O6/c1-43-32-18-14-27(15-19-32)35(26-10-6-5-7-11-26,28-16-20-33(44-2)21-17-28)45-25-29-22-31(41)24-39(29)34(42)13-9-4-3-8-12-30(40)23-37-38-36/h5-7,10-11,14-21,29,31,41H,3-4,8-9,12-13,22-25H2,1-2H3/t29-,31+/m0/s1. The predicted octanol–water partition coefficient (Wildman–Crippen LogP) is 6.19. The molecule has 2 atom stereocenters. The van der Waals surface area contributed by atoms with Crippen LogP contribution in [0.1, 0.15) is 61.6 Å². The van der Waals surface area contributed by atoms with Crippen molar-refractivity contribution >= 4 is 11.7 Å². The van der Waals surface area contributed by atoms with E-state index in [0.717, 1.165) is 41.0 Å². The van der Waals surface area contributed by atoms with Crippen LogP contribution < -0.4 is 9.47 Å². The zero-order valence-electron chi connectivity index (χ0n) is 26.0. The minimum atomic E-state index is -1.02. The quantitative estimate of drug-likeness (QED) is 0.0633. The second-order valence-electron chi connectivity index (χ2n) is 11.2. The van der Waals surface area contributed by atoms with Crippen molar-refractivity contribution < 1.29 is 28.9 Å². The molecule has 0 unspecified atom stereocenters. The fourth-order valence-corrected chi connectivity index (χ4v) is 5.94. The van der Waals surface area contributed by atoms with Gasteiger partial charge in [0, 0.05) is 24.3 Å². The summed E-state index contributed by atoms with van der Waals surface area (Å²) in [4.78, 5) is 29.4. The molecule has 0 aliphatic carbocycles. The highest BCUT2D eigenvalue weighted by molar-refractivity contribution is 5.80. The van der Waals surface area contributed by atoms with E-state index >= 15 is 0 Å². The lowest BCUT2D eigenvalue weighted by atomic mass is 9.80. The van der Waals surface area contributed by atoms with Crippen molar-refractivity contribution in [3.05, 3.63) is 106 Å². The number of β-amino-alcohol motifs (C(OH)–C–C–N with tert-alkyl or cyclic N) is 1. The lowest BCUT2D eigenvalue weighted by Crippen LogP contribution is -2.42. The number of likely N-dealkylation sites (tertiary alicyclic amines) is 1. The molecule has 3 aromatic carbocycles. The van der Waals surface area contributed by atoms with Crippen LogP contribution in [0.5, 0.6) is 11.5 Å². The van der Waals surface area contributed by atoms with Crippen LogP contribution in [0.2, 0.25) is 0 Å². The molecule has 10 nitrogen and oxygen atoms in total. The minimum absolute atomic E-state index is 0.0150. The number of carbonyl (C=O) groups excluding carboxylic acids is 2. The summed E-state index contributed by atoms with van der Waals surface area (Å²) >= 11 is 0. The van der Waals surface area contributed by atoms with Crippen LogP contribution in [0.4, 0.5) is 0 Å². The fraction of sp³-hybridized carbons (Fsp3) is 0.429. The first-order valence-electron chi connectivity index (χ1n) is 15.4. The first kappa shape index (κ1) is 33.5. The van der Waals surface area contributed by atoms with Crippen LogP contribution >= 0.6 is 0 Å². The summed E-state index contributed by atoms with van der Waals surface area (Å²) in [5.41, 5.74) is 10.0. The molecule has 1 fully saturated rings. The van der Waals surface area contributed by atoms with Gasteiger partial charge in [-0.2, -0.15) is 0 Å². The van der Waals surface area contributed by atoms with Gasteiger partial charge >= 0.3 is 0 Å². The number of unbranched alkanes of at least 4 members (excludes halogenated alkanes) is 3. The second kappa shape index (κ2) is 16.6. The number of methoxy groups -OCH3 is 2. The van der Waals surface area contributed by atoms with Gasteiger partial charge in [-0.05, 0) is 65.7 Å². The van der Waals surface area contributed by atoms with E-state index < -0.39 is 11.7 Å². The van der Waals surface area contributed by atoms with Crippen LogP contribution in [-0.4, -0.2) is 67.8 Å². The Morgan fingerprint density at radius 2 is 1.42 bits per heavy atom. The summed E-state index contributed by atoms with van der Waals surface area (Å²) in [6.45, 7) is 0.367. The van der Waals surface area contributed by atoms with Crippen molar-refractivity contribution in [2.75, 3.05) is 33.9 Å². The Labute approximate surface area is 264 Å². The molecule has 0 saturated carbocycles. The number of rotatable bonds is 17. The van der Waals surface area contributed by atoms with Crippen molar-refractivity contribution in [3.8, 4) is 11.5 Å². The van der Waals surface area contributed by atoms with E-state index in [1.807, 2.05) is 78.9 Å². The molecule has 1 heterocycles. The molecule has 0 radical (unpaired) electrons. The van der Waals surface area contributed by atoms with Gasteiger partial charge in [0.15, 0.2) is 0 Å². The molecular weight excluding hydrogens is 572 g/mol. The highest BCUT2D eigenvalue weighted by Gasteiger charge is 2.41. The van der Waals surface area contributed by atoms with E-state index in [0.29, 0.717) is 32.1 Å². The van der Waals surface area contributed by atoms with E-state index in [2.05, 4.69) is 10.0 Å². The maximum atomic E-state index is 13.4. The zero-order chi connectivity index (χ0) is 32.1. The first-order valence-corrected chi connectivity index (χ1v) is 15.4. The van der Waals surface area contributed by atoms with Crippen LogP contribution in [0, 0.1) is 0 Å². The minimum Gasteiger partial charge on any atom is -0.497 e. The summed E-state index contributed by atoms with van der Waals surface area (Å²) in [7, 11) is 3.26. The van der Waals surface area contributed by atoms with Gasteiger partial charge in [0.25, 0.3) is 0 Å². The molecule has 10 heteroatoms. The van der Waals surface area contributed by atoms with Crippen LogP contribution in [0.15, 0.2) is 84.0 Å². The molecule has 1 amide bonds. The van der Waals surface area contributed by atoms with E-state index in [1.165, 1.54) is 0 Å². The molecule has 4 rings (SSSR count). The summed E-state index contributed by atoms with van der Waals surface area (Å²) in [5.74, 6) is 1.36. The third-order valence-corrected chi connectivity index (χ3v) is 8.28. The first-order chi connectivity index (χ1) is 21.9. The van der Waals surface area contributed by atoms with Gasteiger partial charge in [0.05, 0.1) is 39.5 Å². The number of aliphatic hydroxyl groups excluding tert-OH is 1. The van der Waals surface area contributed by atoms with Gasteiger partial charge < -0.3 is 24.2 Å². The number of Topliss-reactive ketones (excluding diaryl/α,β-unsaturated/α-hetero) is 1. The normalized spacial score (nSPS) is 16.2. The molecule has 45 heavy (non-hydrogen) atoms. The van der Waals surface area contributed by atoms with Gasteiger partial charge in [0.2, 0.25) is 5.91 Å². The van der Waals surface area contributed by atoms with E-state index in [1.54, 1.807) is 19.1 Å². The third kappa shape index (κ3) is 8.63. The van der Waals surface area contributed by atoms with Gasteiger partial charge in [-0.3, -0.25) is 9.59 Å². The van der Waals surface area contributed by atoms with E-state index in [9.17, 15) is 14.7 Å². The lowest BCUT2D eigenvalue weighted by molar-refractivity contribution is -0.134. The number of benzene rings is 3. The Morgan fingerprint density at radius 3 is 1.98 bits per heavy atom. The second-order valence-corrected chi connectivity index (χ2v) is 11.2. The maximum absolute atomic E-state index is 13.4. The molecule has 1 saturated heterocycles. The van der Waals surface area contributed by atoms with Crippen molar-refractivity contribution in [1.29, 1.82) is 0 Å². The molecular formula is C35H42N4O6. The lowest BCUT2D eigenvalue weighted by Gasteiger charge is -2.38. The number of amides is 1. The third-order valence-electron chi connectivity index (χ3n) is 8.28. The molecule has 1 aliphatic heterocycles. The van der Waals surface area contributed by atoms with Crippen LogP contribution in [0.3, 0.4) is 0 Å². The maximum Gasteiger partial charge on any atom is 0.222 e. The van der Waals surface area contributed by atoms with Crippen molar-refractivity contribution in [3.63, 3.8) is 0 Å². The monoisotopic (exact) mass is 614 g/mol. The Bertz CT molecular complexity index is 1380. The number of nitrogens with zero attached hydrogens (tertiary/aromatic N) is 4. The van der Waals surface area contributed by atoms with E-state index in [4.69, 9.17) is 19.7 Å². The van der Waals surface area contributed by atoms with Crippen LogP contribution in [-0.2, 0) is 19.9 Å². The number of carbonyl (C=O) groups is 2. The summed E-state index contributed by atoms with van der Waals surface area (Å²) in [5, 5.41) is 13.9. The number of ether oxygens (including phenoxy) is 3. The highest BCUT2D eigenvalue weighted by Crippen LogP contribution is 2.42. The van der Waals surface area contributed by atoms with Gasteiger partial charge in [0.1, 0.15) is 22.9 Å². The Kier molecular flexibility index (Phi) is 12.4. The molecule has 0 aromatic heterocycles.